The molecular weight excluding hydrogens is 473 g/mol. The van der Waals surface area contributed by atoms with Crippen LogP contribution in [0.4, 0.5) is 11.4 Å². The zero-order chi connectivity index (χ0) is 18.4. The van der Waals surface area contributed by atoms with Gasteiger partial charge in [0, 0.05) is 21.2 Å². The maximum absolute atomic E-state index is 12.2. The van der Waals surface area contributed by atoms with Crippen molar-refractivity contribution < 1.29 is 9.59 Å². The summed E-state index contributed by atoms with van der Waals surface area (Å²) >= 11 is 13.5. The lowest BCUT2D eigenvalue weighted by molar-refractivity contribution is -0.115. The summed E-state index contributed by atoms with van der Waals surface area (Å²) in [5, 5.41) is 8.73. The van der Waals surface area contributed by atoms with E-state index in [4.69, 9.17) is 23.8 Å². The third-order valence-electron chi connectivity index (χ3n) is 3.15. The van der Waals surface area contributed by atoms with E-state index in [1.165, 1.54) is 0 Å². The molecule has 130 valence electrons. The molecule has 2 amide bonds. The number of nitrogens with one attached hydrogen (secondary N) is 3. The molecule has 0 unspecified atom stereocenters. The highest BCUT2D eigenvalue weighted by Gasteiger charge is 2.10. The van der Waals surface area contributed by atoms with Gasteiger partial charge in [0.25, 0.3) is 5.91 Å². The molecule has 0 atom stereocenters. The Morgan fingerprint density at radius 3 is 2.44 bits per heavy atom. The normalized spacial score (nSPS) is 10.0. The van der Waals surface area contributed by atoms with Gasteiger partial charge in [-0.3, -0.25) is 14.9 Å². The van der Waals surface area contributed by atoms with Gasteiger partial charge in [0.1, 0.15) is 0 Å². The summed E-state index contributed by atoms with van der Waals surface area (Å²) < 4.78 is 1.03. The Balaban J connectivity index is 2.04. The monoisotopic (exact) mass is 487 g/mol. The van der Waals surface area contributed by atoms with Crippen LogP contribution in [0.1, 0.15) is 23.7 Å². The molecule has 0 radical (unpaired) electrons. The van der Waals surface area contributed by atoms with E-state index in [1.807, 2.05) is 12.1 Å². The standard InChI is InChI=1S/C17H15ClIN3O2S/c1-2-15(23)20-12-7-8-13(18)14(9-12)21-17(25)22-16(24)10-3-5-11(19)6-4-10/h3-9H,2H2,1H3,(H,20,23)(H2,21,22,24,25). The molecule has 25 heavy (non-hydrogen) atoms. The molecule has 3 N–H and O–H groups in total. The van der Waals surface area contributed by atoms with Crippen LogP contribution in [0.5, 0.6) is 0 Å². The van der Waals surface area contributed by atoms with Crippen molar-refractivity contribution in [1.29, 1.82) is 0 Å². The first kappa shape index (κ1) is 19.6. The summed E-state index contributed by atoms with van der Waals surface area (Å²) in [5.74, 6) is -0.427. The first-order chi connectivity index (χ1) is 11.9. The fourth-order valence-corrected chi connectivity index (χ4v) is 2.61. The topological polar surface area (TPSA) is 70.2 Å². The molecular formula is C17H15ClIN3O2S. The number of amides is 2. The minimum Gasteiger partial charge on any atom is -0.331 e. The molecule has 0 bridgehead atoms. The first-order valence-electron chi connectivity index (χ1n) is 7.36. The summed E-state index contributed by atoms with van der Waals surface area (Å²) in [5.41, 5.74) is 1.58. The zero-order valence-electron chi connectivity index (χ0n) is 13.2. The SMILES string of the molecule is CCC(=O)Nc1ccc(Cl)c(NC(=S)NC(=O)c2ccc(I)cc2)c1. The van der Waals surface area contributed by atoms with Crippen LogP contribution in [0.15, 0.2) is 42.5 Å². The maximum atomic E-state index is 12.2. The Kier molecular flexibility index (Phi) is 7.15. The summed E-state index contributed by atoms with van der Waals surface area (Å²) in [4.78, 5) is 23.6. The van der Waals surface area contributed by atoms with Gasteiger partial charge in [-0.1, -0.05) is 18.5 Å². The van der Waals surface area contributed by atoms with E-state index in [0.29, 0.717) is 28.4 Å². The van der Waals surface area contributed by atoms with Gasteiger partial charge >= 0.3 is 0 Å². The molecule has 0 saturated carbocycles. The predicted octanol–water partition coefficient (Wildman–Crippen LogP) is 4.42. The molecule has 0 spiro atoms. The number of carbonyl (C=O) groups excluding carboxylic acids is 2. The van der Waals surface area contributed by atoms with Crippen molar-refractivity contribution >= 4 is 74.7 Å². The van der Waals surface area contributed by atoms with Crippen LogP contribution >= 0.6 is 46.4 Å². The Morgan fingerprint density at radius 2 is 1.80 bits per heavy atom. The summed E-state index contributed by atoms with van der Waals surface area (Å²) in [6.07, 6.45) is 0.371. The molecule has 2 rings (SSSR count). The van der Waals surface area contributed by atoms with Gasteiger partial charge in [0.15, 0.2) is 5.11 Å². The van der Waals surface area contributed by atoms with Crippen LogP contribution < -0.4 is 16.0 Å². The number of hydrogen-bond acceptors (Lipinski definition) is 3. The highest BCUT2D eigenvalue weighted by atomic mass is 127. The quantitative estimate of drug-likeness (QED) is 0.441. The second-order valence-corrected chi connectivity index (χ2v) is 7.07. The van der Waals surface area contributed by atoms with E-state index in [-0.39, 0.29) is 16.9 Å². The highest BCUT2D eigenvalue weighted by molar-refractivity contribution is 14.1. The predicted molar refractivity (Wildman–Crippen MR) is 113 cm³/mol. The van der Waals surface area contributed by atoms with Gasteiger partial charge in [0.05, 0.1) is 10.7 Å². The van der Waals surface area contributed by atoms with E-state index in [1.54, 1.807) is 37.3 Å². The number of benzene rings is 2. The van der Waals surface area contributed by atoms with Crippen molar-refractivity contribution in [2.45, 2.75) is 13.3 Å². The summed E-state index contributed by atoms with van der Waals surface area (Å²) in [7, 11) is 0. The average molecular weight is 488 g/mol. The number of carbonyl (C=O) groups is 2. The third-order valence-corrected chi connectivity index (χ3v) is 4.41. The Morgan fingerprint density at radius 1 is 1.12 bits per heavy atom. The lowest BCUT2D eigenvalue weighted by atomic mass is 10.2. The molecule has 0 saturated heterocycles. The van der Waals surface area contributed by atoms with Crippen molar-refractivity contribution in [3.8, 4) is 0 Å². The Hall–Kier alpha value is -1.71. The lowest BCUT2D eigenvalue weighted by Crippen LogP contribution is -2.34. The lowest BCUT2D eigenvalue weighted by Gasteiger charge is -2.13. The van der Waals surface area contributed by atoms with Crippen LogP contribution in [-0.2, 0) is 4.79 Å². The minimum absolute atomic E-state index is 0.108. The van der Waals surface area contributed by atoms with Crippen molar-refractivity contribution in [2.24, 2.45) is 0 Å². The average Bonchev–Trinajstić information content (AvgIpc) is 2.58. The fourth-order valence-electron chi connectivity index (χ4n) is 1.88. The van der Waals surface area contributed by atoms with Crippen LogP contribution in [-0.4, -0.2) is 16.9 Å². The molecule has 0 fully saturated rings. The first-order valence-corrected chi connectivity index (χ1v) is 9.23. The largest absolute Gasteiger partial charge is 0.331 e. The second kappa shape index (κ2) is 9.12. The third kappa shape index (κ3) is 5.94. The number of anilines is 2. The smallest absolute Gasteiger partial charge is 0.257 e. The zero-order valence-corrected chi connectivity index (χ0v) is 17.0. The molecule has 2 aromatic rings. The van der Waals surface area contributed by atoms with Gasteiger partial charge in [-0.25, -0.2) is 0 Å². The van der Waals surface area contributed by atoms with E-state index >= 15 is 0 Å². The van der Waals surface area contributed by atoms with E-state index in [2.05, 4.69) is 38.5 Å². The van der Waals surface area contributed by atoms with Crippen molar-refractivity contribution in [2.75, 3.05) is 10.6 Å². The minimum atomic E-state index is -0.319. The van der Waals surface area contributed by atoms with Gasteiger partial charge < -0.3 is 10.6 Å². The van der Waals surface area contributed by atoms with Crippen LogP contribution in [0.2, 0.25) is 5.02 Å². The summed E-state index contributed by atoms with van der Waals surface area (Å²) in [6.45, 7) is 1.76. The molecule has 0 aromatic heterocycles. The van der Waals surface area contributed by atoms with Crippen molar-refractivity contribution in [3.63, 3.8) is 0 Å². The van der Waals surface area contributed by atoms with Crippen LogP contribution in [0, 0.1) is 3.57 Å². The second-order valence-electron chi connectivity index (χ2n) is 5.01. The van der Waals surface area contributed by atoms with Crippen LogP contribution in [0.25, 0.3) is 0 Å². The summed E-state index contributed by atoms with van der Waals surface area (Å²) in [6, 6.07) is 12.1. The molecule has 0 aliphatic rings. The maximum Gasteiger partial charge on any atom is 0.257 e. The molecule has 0 aliphatic carbocycles. The molecule has 2 aromatic carbocycles. The number of rotatable bonds is 4. The van der Waals surface area contributed by atoms with Gasteiger partial charge in [0.2, 0.25) is 5.91 Å². The van der Waals surface area contributed by atoms with E-state index < -0.39 is 0 Å². The van der Waals surface area contributed by atoms with Gasteiger partial charge in [-0.15, -0.1) is 0 Å². The van der Waals surface area contributed by atoms with Crippen molar-refractivity contribution in [3.05, 3.63) is 56.6 Å². The molecule has 0 aliphatic heterocycles. The Bertz CT molecular complexity index is 812. The van der Waals surface area contributed by atoms with E-state index in [9.17, 15) is 9.59 Å². The van der Waals surface area contributed by atoms with Crippen LogP contribution in [0.3, 0.4) is 0 Å². The van der Waals surface area contributed by atoms with Crippen molar-refractivity contribution in [1.82, 2.24) is 5.32 Å². The van der Waals surface area contributed by atoms with E-state index in [0.717, 1.165) is 3.57 Å². The highest BCUT2D eigenvalue weighted by Crippen LogP contribution is 2.25. The fraction of sp³-hybridized carbons (Fsp3) is 0.118. The van der Waals surface area contributed by atoms with Gasteiger partial charge in [-0.05, 0) is 77.3 Å². The molecule has 5 nitrogen and oxygen atoms in total. The molecule has 0 heterocycles. The number of hydrogen-bond donors (Lipinski definition) is 3. The Labute approximate surface area is 169 Å². The molecule has 8 heteroatoms. The van der Waals surface area contributed by atoms with Gasteiger partial charge in [-0.2, -0.15) is 0 Å². The number of thiocarbonyl (C=S) groups is 1. The number of halogens is 2.